The predicted molar refractivity (Wildman–Crippen MR) is 74.8 cm³/mol. The minimum atomic E-state index is -4.30. The Kier molecular flexibility index (Phi) is 3.01. The molecule has 0 spiro atoms. The van der Waals surface area contributed by atoms with E-state index in [-0.39, 0.29) is 0 Å². The maximum atomic E-state index is 12.5. The standard InChI is InChI=1S/C15H10F3NS/c1-9-19-13-8-11(4-7-14(13)20-9)10-2-5-12(6-3-10)15(16,17)18/h2-8H,1H3. The van der Waals surface area contributed by atoms with Crippen molar-refractivity contribution in [3.8, 4) is 11.1 Å². The number of aryl methyl sites for hydroxylation is 1. The molecule has 0 amide bonds. The largest absolute Gasteiger partial charge is 0.416 e. The highest BCUT2D eigenvalue weighted by molar-refractivity contribution is 7.18. The van der Waals surface area contributed by atoms with Gasteiger partial charge in [0, 0.05) is 0 Å². The van der Waals surface area contributed by atoms with Gasteiger partial charge >= 0.3 is 6.18 Å². The lowest BCUT2D eigenvalue weighted by molar-refractivity contribution is -0.137. The van der Waals surface area contributed by atoms with Gasteiger partial charge in [-0.1, -0.05) is 18.2 Å². The van der Waals surface area contributed by atoms with Crippen LogP contribution in [0.1, 0.15) is 10.6 Å². The summed E-state index contributed by atoms with van der Waals surface area (Å²) in [7, 11) is 0. The molecule has 3 rings (SSSR count). The number of hydrogen-bond acceptors (Lipinski definition) is 2. The fraction of sp³-hybridized carbons (Fsp3) is 0.133. The van der Waals surface area contributed by atoms with E-state index in [1.54, 1.807) is 11.3 Å². The molecule has 0 aliphatic rings. The first-order chi connectivity index (χ1) is 9.43. The van der Waals surface area contributed by atoms with Gasteiger partial charge in [0.25, 0.3) is 0 Å². The maximum Gasteiger partial charge on any atom is 0.416 e. The second-order valence-corrected chi connectivity index (χ2v) is 5.73. The Morgan fingerprint density at radius 1 is 0.950 bits per heavy atom. The Morgan fingerprint density at radius 3 is 2.25 bits per heavy atom. The molecule has 20 heavy (non-hydrogen) atoms. The molecule has 0 atom stereocenters. The van der Waals surface area contributed by atoms with Gasteiger partial charge in [-0.2, -0.15) is 13.2 Å². The zero-order valence-electron chi connectivity index (χ0n) is 10.5. The number of benzene rings is 2. The molecular formula is C15H10F3NS. The normalized spacial score (nSPS) is 12.0. The summed E-state index contributed by atoms with van der Waals surface area (Å²) in [6.45, 7) is 1.93. The number of rotatable bonds is 1. The van der Waals surface area contributed by atoms with Crippen molar-refractivity contribution >= 4 is 21.6 Å². The molecule has 0 N–H and O–H groups in total. The van der Waals surface area contributed by atoms with E-state index in [0.29, 0.717) is 0 Å². The SMILES string of the molecule is Cc1nc2cc(-c3ccc(C(F)(F)F)cc3)ccc2s1. The van der Waals surface area contributed by atoms with Crippen LogP contribution in [-0.4, -0.2) is 4.98 Å². The number of thiazole rings is 1. The third-order valence-electron chi connectivity index (χ3n) is 3.04. The Hall–Kier alpha value is -1.88. The zero-order chi connectivity index (χ0) is 14.3. The van der Waals surface area contributed by atoms with Crippen molar-refractivity contribution in [1.82, 2.24) is 4.98 Å². The van der Waals surface area contributed by atoms with Crippen molar-refractivity contribution < 1.29 is 13.2 Å². The molecule has 2 aromatic carbocycles. The van der Waals surface area contributed by atoms with Gasteiger partial charge in [-0.15, -0.1) is 11.3 Å². The third kappa shape index (κ3) is 2.41. The van der Waals surface area contributed by atoms with E-state index in [1.807, 2.05) is 25.1 Å². The van der Waals surface area contributed by atoms with Crippen LogP contribution in [0.2, 0.25) is 0 Å². The number of alkyl halides is 3. The molecule has 102 valence electrons. The highest BCUT2D eigenvalue weighted by Crippen LogP contribution is 2.32. The van der Waals surface area contributed by atoms with Crippen molar-refractivity contribution in [3.63, 3.8) is 0 Å². The Balaban J connectivity index is 2.02. The van der Waals surface area contributed by atoms with Crippen LogP contribution in [0.5, 0.6) is 0 Å². The minimum absolute atomic E-state index is 0.633. The summed E-state index contributed by atoms with van der Waals surface area (Å²) in [6, 6.07) is 10.9. The van der Waals surface area contributed by atoms with Gasteiger partial charge in [0.2, 0.25) is 0 Å². The molecule has 0 unspecified atom stereocenters. The quantitative estimate of drug-likeness (QED) is 0.594. The molecule has 0 aliphatic heterocycles. The summed E-state index contributed by atoms with van der Waals surface area (Å²) < 4.78 is 38.7. The molecule has 0 fully saturated rings. The van der Waals surface area contributed by atoms with Crippen LogP contribution in [0.3, 0.4) is 0 Å². The first kappa shape index (κ1) is 13.1. The number of nitrogens with zero attached hydrogens (tertiary/aromatic N) is 1. The Labute approximate surface area is 117 Å². The maximum absolute atomic E-state index is 12.5. The van der Waals surface area contributed by atoms with Gasteiger partial charge in [-0.25, -0.2) is 4.98 Å². The van der Waals surface area contributed by atoms with Crippen LogP contribution < -0.4 is 0 Å². The smallest absolute Gasteiger partial charge is 0.241 e. The minimum Gasteiger partial charge on any atom is -0.241 e. The molecule has 3 aromatic rings. The van der Waals surface area contributed by atoms with Crippen LogP contribution >= 0.6 is 11.3 Å². The van der Waals surface area contributed by atoms with E-state index in [1.165, 1.54) is 12.1 Å². The monoisotopic (exact) mass is 293 g/mol. The number of aromatic nitrogens is 1. The second kappa shape index (κ2) is 4.59. The third-order valence-corrected chi connectivity index (χ3v) is 3.99. The van der Waals surface area contributed by atoms with E-state index in [9.17, 15) is 13.2 Å². The summed E-state index contributed by atoms with van der Waals surface area (Å²) in [5, 5.41) is 0.976. The number of halogens is 3. The highest BCUT2D eigenvalue weighted by Gasteiger charge is 2.29. The van der Waals surface area contributed by atoms with Crippen LogP contribution in [-0.2, 0) is 6.18 Å². The summed E-state index contributed by atoms with van der Waals surface area (Å²) in [5.74, 6) is 0. The van der Waals surface area contributed by atoms with E-state index < -0.39 is 11.7 Å². The summed E-state index contributed by atoms with van der Waals surface area (Å²) >= 11 is 1.60. The fourth-order valence-corrected chi connectivity index (χ4v) is 2.88. The molecule has 1 heterocycles. The fourth-order valence-electron chi connectivity index (χ4n) is 2.07. The Bertz CT molecular complexity index is 757. The van der Waals surface area contributed by atoms with E-state index in [0.717, 1.165) is 38.5 Å². The molecule has 1 nitrogen and oxygen atoms in total. The van der Waals surface area contributed by atoms with Gasteiger partial charge in [0.15, 0.2) is 0 Å². The number of fused-ring (bicyclic) bond motifs is 1. The van der Waals surface area contributed by atoms with Gasteiger partial charge in [-0.3, -0.25) is 0 Å². The van der Waals surface area contributed by atoms with Crippen molar-refractivity contribution in [2.75, 3.05) is 0 Å². The lowest BCUT2D eigenvalue weighted by Gasteiger charge is -2.07. The molecular weight excluding hydrogens is 283 g/mol. The molecule has 0 aliphatic carbocycles. The predicted octanol–water partition coefficient (Wildman–Crippen LogP) is 5.29. The first-order valence-electron chi connectivity index (χ1n) is 5.98. The molecule has 0 radical (unpaired) electrons. The van der Waals surface area contributed by atoms with Crippen molar-refractivity contribution in [2.45, 2.75) is 13.1 Å². The lowest BCUT2D eigenvalue weighted by Crippen LogP contribution is -2.03. The average molecular weight is 293 g/mol. The summed E-state index contributed by atoms with van der Waals surface area (Å²) in [6.07, 6.45) is -4.30. The highest BCUT2D eigenvalue weighted by atomic mass is 32.1. The molecule has 0 saturated carbocycles. The van der Waals surface area contributed by atoms with Crippen LogP contribution in [0, 0.1) is 6.92 Å². The topological polar surface area (TPSA) is 12.9 Å². The summed E-state index contributed by atoms with van der Waals surface area (Å²) in [5.41, 5.74) is 1.87. The second-order valence-electron chi connectivity index (χ2n) is 4.49. The van der Waals surface area contributed by atoms with Crippen LogP contribution in [0.4, 0.5) is 13.2 Å². The molecule has 5 heteroatoms. The molecule has 0 bridgehead atoms. The zero-order valence-corrected chi connectivity index (χ0v) is 11.3. The van der Waals surface area contributed by atoms with Crippen molar-refractivity contribution in [1.29, 1.82) is 0 Å². The molecule has 0 saturated heterocycles. The summed E-state index contributed by atoms with van der Waals surface area (Å²) in [4.78, 5) is 4.39. The van der Waals surface area contributed by atoms with E-state index in [2.05, 4.69) is 4.98 Å². The van der Waals surface area contributed by atoms with E-state index in [4.69, 9.17) is 0 Å². The number of hydrogen-bond donors (Lipinski definition) is 0. The van der Waals surface area contributed by atoms with Crippen molar-refractivity contribution in [3.05, 3.63) is 53.0 Å². The lowest BCUT2D eigenvalue weighted by atomic mass is 10.0. The van der Waals surface area contributed by atoms with Crippen molar-refractivity contribution in [2.24, 2.45) is 0 Å². The van der Waals surface area contributed by atoms with Crippen LogP contribution in [0.15, 0.2) is 42.5 Å². The Morgan fingerprint density at radius 2 is 1.60 bits per heavy atom. The average Bonchev–Trinajstić information content (AvgIpc) is 2.77. The first-order valence-corrected chi connectivity index (χ1v) is 6.80. The van der Waals surface area contributed by atoms with Gasteiger partial charge in [0.1, 0.15) is 0 Å². The van der Waals surface area contributed by atoms with Gasteiger partial charge in [-0.05, 0) is 42.3 Å². The van der Waals surface area contributed by atoms with Crippen LogP contribution in [0.25, 0.3) is 21.3 Å². The molecule has 1 aromatic heterocycles. The van der Waals surface area contributed by atoms with Gasteiger partial charge < -0.3 is 0 Å². The van der Waals surface area contributed by atoms with E-state index >= 15 is 0 Å². The van der Waals surface area contributed by atoms with Gasteiger partial charge in [0.05, 0.1) is 20.8 Å².